The number of nitrogens with one attached hydrogen (secondary N) is 1. The third-order valence-corrected chi connectivity index (χ3v) is 6.28. The summed E-state index contributed by atoms with van der Waals surface area (Å²) in [5.74, 6) is -0.0959. The number of likely N-dealkylation sites (tertiary alicyclic amines) is 1. The molecule has 1 fully saturated rings. The maximum Gasteiger partial charge on any atom is 0.254 e. The summed E-state index contributed by atoms with van der Waals surface area (Å²) in [4.78, 5) is 28.9. The average molecular weight is 421 g/mol. The first kappa shape index (κ1) is 20.1. The Kier molecular flexibility index (Phi) is 6.09. The lowest BCUT2D eigenvalue weighted by Gasteiger charge is -2.31. The summed E-state index contributed by atoms with van der Waals surface area (Å²) in [6.45, 7) is 1.28. The van der Waals surface area contributed by atoms with E-state index >= 15 is 0 Å². The second-order valence-electron chi connectivity index (χ2n) is 7.38. The molecule has 1 saturated heterocycles. The molecule has 2 amide bonds. The molecule has 0 bridgehead atoms. The number of aromatic nitrogens is 2. The molecule has 3 aromatic rings. The van der Waals surface area contributed by atoms with Gasteiger partial charge in [0.25, 0.3) is 5.91 Å². The predicted octanol–water partition coefficient (Wildman–Crippen LogP) is 3.58. The number of benzene rings is 1. The summed E-state index contributed by atoms with van der Waals surface area (Å²) in [6.07, 6.45) is 8.30. The van der Waals surface area contributed by atoms with E-state index in [4.69, 9.17) is 0 Å². The number of nitrogens with zero attached hydrogens (tertiary/aromatic N) is 3. The second-order valence-corrected chi connectivity index (χ2v) is 8.49. The van der Waals surface area contributed by atoms with E-state index in [-0.39, 0.29) is 17.9 Å². The molecule has 6 nitrogen and oxygen atoms in total. The van der Waals surface area contributed by atoms with E-state index < -0.39 is 0 Å². The quantitative estimate of drug-likeness (QED) is 0.642. The van der Waals surface area contributed by atoms with E-state index in [1.807, 2.05) is 35.2 Å². The van der Waals surface area contributed by atoms with Gasteiger partial charge in [0.2, 0.25) is 5.91 Å². The van der Waals surface area contributed by atoms with E-state index in [1.54, 1.807) is 41.5 Å². The van der Waals surface area contributed by atoms with Gasteiger partial charge in [0.15, 0.2) is 0 Å². The van der Waals surface area contributed by atoms with Crippen molar-refractivity contribution in [2.75, 3.05) is 13.1 Å². The van der Waals surface area contributed by atoms with Crippen molar-refractivity contribution in [3.8, 4) is 10.4 Å². The molecule has 0 atom stereocenters. The zero-order valence-electron chi connectivity index (χ0n) is 16.8. The highest BCUT2D eigenvalue weighted by Crippen LogP contribution is 2.28. The Labute approximate surface area is 179 Å². The van der Waals surface area contributed by atoms with Crippen molar-refractivity contribution in [1.82, 2.24) is 20.0 Å². The van der Waals surface area contributed by atoms with Crippen LogP contribution in [-0.2, 0) is 11.8 Å². The highest BCUT2D eigenvalue weighted by molar-refractivity contribution is 7.16. The molecule has 1 N–H and O–H groups in total. The Balaban J connectivity index is 1.27. The molecule has 0 radical (unpaired) electrons. The molecule has 3 heterocycles. The van der Waals surface area contributed by atoms with Crippen LogP contribution in [-0.4, -0.2) is 45.6 Å². The minimum absolute atomic E-state index is 0.0155. The topological polar surface area (TPSA) is 67.2 Å². The SMILES string of the molecule is Cn1cc(C(=O)NC2CCN(C(=O)/C=C/c3ccc(-c4ccccc4)s3)CC2)cn1. The number of piperidine rings is 1. The third kappa shape index (κ3) is 4.86. The predicted molar refractivity (Wildman–Crippen MR) is 119 cm³/mol. The standard InChI is InChI=1S/C23H24N4O2S/c1-26-16-18(15-24-26)23(29)25-19-11-13-27(14-12-19)22(28)10-8-20-7-9-21(30-20)17-5-3-2-4-6-17/h2-10,15-16,19H,11-14H2,1H3,(H,25,29)/b10-8+. The van der Waals surface area contributed by atoms with Crippen LogP contribution in [0, 0.1) is 0 Å². The molecular weight excluding hydrogens is 396 g/mol. The first-order valence-corrected chi connectivity index (χ1v) is 10.8. The van der Waals surface area contributed by atoms with Gasteiger partial charge in [-0.2, -0.15) is 5.10 Å². The summed E-state index contributed by atoms with van der Waals surface area (Å²) < 4.78 is 1.61. The fraction of sp³-hybridized carbons (Fsp3) is 0.261. The van der Waals surface area contributed by atoms with Crippen molar-refractivity contribution in [2.45, 2.75) is 18.9 Å². The maximum atomic E-state index is 12.5. The van der Waals surface area contributed by atoms with E-state index in [9.17, 15) is 9.59 Å². The van der Waals surface area contributed by atoms with Gasteiger partial charge in [-0.3, -0.25) is 14.3 Å². The number of thiophene rings is 1. The Morgan fingerprint density at radius 3 is 2.60 bits per heavy atom. The molecule has 7 heteroatoms. The lowest BCUT2D eigenvalue weighted by molar-refractivity contribution is -0.126. The Morgan fingerprint density at radius 1 is 1.13 bits per heavy atom. The van der Waals surface area contributed by atoms with Crippen LogP contribution < -0.4 is 5.32 Å². The lowest BCUT2D eigenvalue weighted by Crippen LogP contribution is -2.46. The number of amides is 2. The van der Waals surface area contributed by atoms with E-state index in [1.165, 1.54) is 10.4 Å². The molecule has 2 aromatic heterocycles. The van der Waals surface area contributed by atoms with Crippen LogP contribution in [0.1, 0.15) is 28.1 Å². The fourth-order valence-electron chi connectivity index (χ4n) is 3.51. The summed E-state index contributed by atoms with van der Waals surface area (Å²) in [6, 6.07) is 14.4. The molecule has 1 aliphatic rings. The summed E-state index contributed by atoms with van der Waals surface area (Å²) in [5, 5.41) is 7.06. The normalized spacial score (nSPS) is 14.9. The van der Waals surface area contributed by atoms with E-state index in [0.717, 1.165) is 17.7 Å². The molecule has 30 heavy (non-hydrogen) atoms. The molecule has 0 spiro atoms. The van der Waals surface area contributed by atoms with Gasteiger partial charge in [0.1, 0.15) is 0 Å². The van der Waals surface area contributed by atoms with Gasteiger partial charge in [-0.1, -0.05) is 30.3 Å². The van der Waals surface area contributed by atoms with Crippen molar-refractivity contribution in [3.05, 3.63) is 71.4 Å². The van der Waals surface area contributed by atoms with Crippen molar-refractivity contribution >= 4 is 29.2 Å². The van der Waals surface area contributed by atoms with Gasteiger partial charge in [-0.15, -0.1) is 11.3 Å². The third-order valence-electron chi connectivity index (χ3n) is 5.18. The van der Waals surface area contributed by atoms with Crippen molar-refractivity contribution in [3.63, 3.8) is 0 Å². The van der Waals surface area contributed by atoms with Crippen LogP contribution in [0.4, 0.5) is 0 Å². The highest BCUT2D eigenvalue weighted by Gasteiger charge is 2.23. The van der Waals surface area contributed by atoms with Crippen LogP contribution >= 0.6 is 11.3 Å². The Hall–Kier alpha value is -3.19. The molecular formula is C23H24N4O2S. The number of aryl methyl sites for hydroxylation is 1. The Bertz CT molecular complexity index is 1050. The summed E-state index contributed by atoms with van der Waals surface area (Å²) >= 11 is 1.67. The lowest BCUT2D eigenvalue weighted by atomic mass is 10.0. The van der Waals surface area contributed by atoms with Crippen molar-refractivity contribution in [1.29, 1.82) is 0 Å². The molecule has 0 unspecified atom stereocenters. The Morgan fingerprint density at radius 2 is 1.90 bits per heavy atom. The zero-order chi connectivity index (χ0) is 20.9. The largest absolute Gasteiger partial charge is 0.349 e. The maximum absolute atomic E-state index is 12.5. The monoisotopic (exact) mass is 420 g/mol. The van der Waals surface area contributed by atoms with E-state index in [2.05, 4.69) is 28.6 Å². The van der Waals surface area contributed by atoms with Crippen LogP contribution in [0.3, 0.4) is 0 Å². The van der Waals surface area contributed by atoms with Crippen molar-refractivity contribution < 1.29 is 9.59 Å². The molecule has 1 aliphatic heterocycles. The van der Waals surface area contributed by atoms with Crippen LogP contribution in [0.2, 0.25) is 0 Å². The average Bonchev–Trinajstić information content (AvgIpc) is 3.42. The number of carbonyl (C=O) groups excluding carboxylic acids is 2. The zero-order valence-corrected chi connectivity index (χ0v) is 17.6. The molecule has 1 aromatic carbocycles. The number of rotatable bonds is 5. The number of hydrogen-bond donors (Lipinski definition) is 1. The molecule has 154 valence electrons. The van der Waals surface area contributed by atoms with Gasteiger partial charge >= 0.3 is 0 Å². The summed E-state index contributed by atoms with van der Waals surface area (Å²) in [5.41, 5.74) is 1.74. The van der Waals surface area contributed by atoms with Gasteiger partial charge in [-0.25, -0.2) is 0 Å². The second kappa shape index (κ2) is 9.09. The minimum Gasteiger partial charge on any atom is -0.349 e. The van der Waals surface area contributed by atoms with Gasteiger partial charge in [0.05, 0.1) is 11.8 Å². The summed E-state index contributed by atoms with van der Waals surface area (Å²) in [7, 11) is 1.78. The smallest absolute Gasteiger partial charge is 0.254 e. The van der Waals surface area contributed by atoms with E-state index in [0.29, 0.717) is 18.7 Å². The first-order valence-electron chi connectivity index (χ1n) is 10.0. The van der Waals surface area contributed by atoms with Crippen LogP contribution in [0.5, 0.6) is 0 Å². The van der Waals surface area contributed by atoms with Crippen molar-refractivity contribution in [2.24, 2.45) is 7.05 Å². The first-order chi connectivity index (χ1) is 14.6. The minimum atomic E-state index is -0.111. The van der Waals surface area contributed by atoms with Gasteiger partial charge in [-0.05, 0) is 36.6 Å². The molecule has 4 rings (SSSR count). The van der Waals surface area contributed by atoms with Gasteiger partial charge < -0.3 is 10.2 Å². The molecule has 0 aliphatic carbocycles. The van der Waals surface area contributed by atoms with Gasteiger partial charge in [0, 0.05) is 48.2 Å². The van der Waals surface area contributed by atoms with Crippen LogP contribution in [0.15, 0.2) is 60.9 Å². The fourth-order valence-corrected chi connectivity index (χ4v) is 4.43. The number of carbonyl (C=O) groups is 2. The number of hydrogen-bond acceptors (Lipinski definition) is 4. The molecule has 0 saturated carbocycles. The van der Waals surface area contributed by atoms with Crippen LogP contribution in [0.25, 0.3) is 16.5 Å². The highest BCUT2D eigenvalue weighted by atomic mass is 32.1.